The van der Waals surface area contributed by atoms with E-state index in [-0.39, 0.29) is 0 Å². The fourth-order valence-corrected chi connectivity index (χ4v) is 6.31. The third-order valence-corrected chi connectivity index (χ3v) is 9.66. The van der Waals surface area contributed by atoms with E-state index in [1.165, 1.54) is 16.4 Å². The summed E-state index contributed by atoms with van der Waals surface area (Å²) in [5, 5.41) is 0. The summed E-state index contributed by atoms with van der Waals surface area (Å²) in [7, 11) is 0. The van der Waals surface area contributed by atoms with Gasteiger partial charge in [0.15, 0.2) is 0 Å². The van der Waals surface area contributed by atoms with E-state index in [0.29, 0.717) is 3.39 Å². The van der Waals surface area contributed by atoms with Crippen molar-refractivity contribution < 1.29 is 0 Å². The molecule has 0 aliphatic carbocycles. The van der Waals surface area contributed by atoms with Crippen molar-refractivity contribution in [2.24, 2.45) is 0 Å². The molecule has 0 spiro atoms. The first-order chi connectivity index (χ1) is 5.84. The van der Waals surface area contributed by atoms with E-state index in [0.717, 1.165) is 0 Å². The van der Waals surface area contributed by atoms with Gasteiger partial charge in [-0.2, -0.15) is 0 Å². The Labute approximate surface area is 89.5 Å². The Balaban J connectivity index is 2.48. The molecule has 1 unspecified atom stereocenters. The molecule has 2 heteroatoms. The summed E-state index contributed by atoms with van der Waals surface area (Å²) >= 11 is 5.58. The molecular formula is C10H15ClSn. The van der Waals surface area contributed by atoms with Gasteiger partial charge in [-0.25, -0.2) is 0 Å². The van der Waals surface area contributed by atoms with Crippen LogP contribution in [0.3, 0.4) is 0 Å². The summed E-state index contributed by atoms with van der Waals surface area (Å²) in [5.74, 6) is 0. The van der Waals surface area contributed by atoms with Crippen LogP contribution in [0.15, 0.2) is 30.3 Å². The van der Waals surface area contributed by atoms with Crippen molar-refractivity contribution in [2.75, 3.05) is 0 Å². The van der Waals surface area contributed by atoms with Crippen molar-refractivity contribution in [2.45, 2.75) is 21.2 Å². The number of halogens is 1. The van der Waals surface area contributed by atoms with Gasteiger partial charge in [0.25, 0.3) is 0 Å². The molecule has 0 nitrogen and oxygen atoms in total. The molecule has 12 heavy (non-hydrogen) atoms. The topological polar surface area (TPSA) is 0 Å². The van der Waals surface area contributed by atoms with Gasteiger partial charge in [0, 0.05) is 0 Å². The van der Waals surface area contributed by atoms with Crippen LogP contribution in [-0.4, -0.2) is 21.1 Å². The Bertz CT molecular complexity index is 210. The van der Waals surface area contributed by atoms with Gasteiger partial charge in [0.2, 0.25) is 0 Å². The SMILES string of the molecule is CC[CH2][SnH2][CH](Cl)c1ccccc1. The van der Waals surface area contributed by atoms with Crippen LogP contribution in [0.4, 0.5) is 0 Å². The van der Waals surface area contributed by atoms with Crippen molar-refractivity contribution in [3.63, 3.8) is 0 Å². The monoisotopic (exact) mass is 290 g/mol. The first kappa shape index (κ1) is 10.4. The van der Waals surface area contributed by atoms with Crippen molar-refractivity contribution in [1.29, 1.82) is 0 Å². The molecule has 0 amide bonds. The summed E-state index contributed by atoms with van der Waals surface area (Å²) in [4.78, 5) is 0. The first-order valence-corrected chi connectivity index (χ1v) is 10.2. The molecule has 0 saturated carbocycles. The maximum atomic E-state index is 6.28. The fourth-order valence-electron chi connectivity index (χ4n) is 1.21. The van der Waals surface area contributed by atoms with Gasteiger partial charge in [-0.3, -0.25) is 0 Å². The number of benzene rings is 1. The molecule has 0 aromatic heterocycles. The molecule has 0 aliphatic rings. The number of hydrogen-bond donors (Lipinski definition) is 0. The van der Waals surface area contributed by atoms with Gasteiger partial charge in [-0.15, -0.1) is 0 Å². The molecule has 0 heterocycles. The van der Waals surface area contributed by atoms with Crippen LogP contribution in [0, 0.1) is 0 Å². The van der Waals surface area contributed by atoms with Gasteiger partial charge in [0.05, 0.1) is 0 Å². The Hall–Kier alpha value is 0.309. The van der Waals surface area contributed by atoms with Crippen LogP contribution < -0.4 is 0 Å². The van der Waals surface area contributed by atoms with Gasteiger partial charge >= 0.3 is 89.8 Å². The van der Waals surface area contributed by atoms with Crippen molar-refractivity contribution >= 4 is 32.7 Å². The fraction of sp³-hybridized carbons (Fsp3) is 0.400. The predicted molar refractivity (Wildman–Crippen MR) is 58.7 cm³/mol. The minimum atomic E-state index is -0.703. The molecule has 0 N–H and O–H groups in total. The second-order valence-corrected chi connectivity index (χ2v) is 11.0. The van der Waals surface area contributed by atoms with E-state index >= 15 is 0 Å². The standard InChI is InChI=1S/C7H6Cl.C3H7.Sn.2H/c8-6-7-4-2-1-3-5-7;1-3-2;;;/h1-6H;1,3H2,2H3;;;. The summed E-state index contributed by atoms with van der Waals surface area (Å²) in [6, 6.07) is 10.5. The van der Waals surface area contributed by atoms with Crippen molar-refractivity contribution in [3.8, 4) is 0 Å². The molecule has 0 fully saturated rings. The Morgan fingerprint density at radius 2 is 2.00 bits per heavy atom. The normalized spacial score (nSPS) is 13.8. The maximum absolute atomic E-state index is 6.28. The van der Waals surface area contributed by atoms with E-state index < -0.39 is 21.1 Å². The molecule has 1 aromatic carbocycles. The van der Waals surface area contributed by atoms with Crippen molar-refractivity contribution in [3.05, 3.63) is 35.9 Å². The van der Waals surface area contributed by atoms with Crippen LogP contribution >= 0.6 is 11.6 Å². The van der Waals surface area contributed by atoms with E-state index in [1.807, 2.05) is 6.07 Å². The second kappa shape index (κ2) is 5.87. The molecular weight excluding hydrogens is 274 g/mol. The van der Waals surface area contributed by atoms with E-state index in [2.05, 4.69) is 31.2 Å². The minimum absolute atomic E-state index is 0.410. The number of alkyl halides is 1. The van der Waals surface area contributed by atoms with Gasteiger partial charge in [0.1, 0.15) is 0 Å². The molecule has 0 saturated heterocycles. The molecule has 0 bridgehead atoms. The van der Waals surface area contributed by atoms with Gasteiger partial charge in [-0.05, 0) is 0 Å². The van der Waals surface area contributed by atoms with E-state index in [1.54, 1.807) is 0 Å². The van der Waals surface area contributed by atoms with Crippen LogP contribution in [0.25, 0.3) is 0 Å². The van der Waals surface area contributed by atoms with Crippen LogP contribution in [0.1, 0.15) is 22.3 Å². The molecule has 0 aliphatic heterocycles. The van der Waals surface area contributed by atoms with Crippen LogP contribution in [-0.2, 0) is 0 Å². The zero-order chi connectivity index (χ0) is 8.81. The molecule has 1 aromatic rings. The van der Waals surface area contributed by atoms with E-state index in [4.69, 9.17) is 11.6 Å². The third kappa shape index (κ3) is 3.36. The van der Waals surface area contributed by atoms with Gasteiger partial charge < -0.3 is 0 Å². The average Bonchev–Trinajstić information content (AvgIpc) is 2.15. The quantitative estimate of drug-likeness (QED) is 0.590. The summed E-state index contributed by atoms with van der Waals surface area (Å²) in [5.41, 5.74) is 1.34. The Morgan fingerprint density at radius 3 is 2.58 bits per heavy atom. The van der Waals surface area contributed by atoms with Crippen LogP contribution in [0.2, 0.25) is 4.44 Å². The zero-order valence-corrected chi connectivity index (χ0v) is 12.3. The van der Waals surface area contributed by atoms with Gasteiger partial charge in [-0.1, -0.05) is 0 Å². The summed E-state index contributed by atoms with van der Waals surface area (Å²) in [6.07, 6.45) is 1.31. The Kier molecular flexibility index (Phi) is 5.08. The molecule has 1 rings (SSSR count). The number of hydrogen-bond acceptors (Lipinski definition) is 0. The average molecular weight is 289 g/mol. The first-order valence-electron chi connectivity index (χ1n) is 4.53. The molecule has 1 atom stereocenters. The van der Waals surface area contributed by atoms with Crippen LogP contribution in [0.5, 0.6) is 0 Å². The molecule has 66 valence electrons. The second-order valence-electron chi connectivity index (χ2n) is 3.02. The number of rotatable bonds is 4. The predicted octanol–water partition coefficient (Wildman–Crippen LogP) is 2.92. The summed E-state index contributed by atoms with van der Waals surface area (Å²) in [6.45, 7) is 2.24. The molecule has 0 radical (unpaired) electrons. The van der Waals surface area contributed by atoms with E-state index in [9.17, 15) is 0 Å². The third-order valence-electron chi connectivity index (χ3n) is 1.97. The Morgan fingerprint density at radius 1 is 1.33 bits per heavy atom. The zero-order valence-electron chi connectivity index (χ0n) is 7.46. The summed E-state index contributed by atoms with van der Waals surface area (Å²) < 4.78 is 1.83. The van der Waals surface area contributed by atoms with Crippen molar-refractivity contribution in [1.82, 2.24) is 0 Å².